The van der Waals surface area contributed by atoms with E-state index in [0.29, 0.717) is 10.6 Å². The summed E-state index contributed by atoms with van der Waals surface area (Å²) in [6.45, 7) is 0. The molecule has 142 valence electrons. The number of amides is 1. The smallest absolute Gasteiger partial charge is 0.297 e. The third-order valence-corrected chi connectivity index (χ3v) is 5.02. The third-order valence-electron chi connectivity index (χ3n) is 4.79. The Kier molecular flexibility index (Phi) is 3.92. The quantitative estimate of drug-likeness (QED) is 0.499. The average molecular weight is 408 g/mol. The lowest BCUT2D eigenvalue weighted by atomic mass is 9.98. The van der Waals surface area contributed by atoms with Gasteiger partial charge in [0.15, 0.2) is 5.43 Å². The number of rotatable bonds is 2. The zero-order chi connectivity index (χ0) is 20.1. The van der Waals surface area contributed by atoms with Gasteiger partial charge in [-0.05, 0) is 42.0 Å². The van der Waals surface area contributed by atoms with Gasteiger partial charge < -0.3 is 4.42 Å². The molecule has 2 aromatic heterocycles. The summed E-state index contributed by atoms with van der Waals surface area (Å²) in [5, 5.41) is 0.627. The van der Waals surface area contributed by atoms with E-state index in [1.54, 1.807) is 18.2 Å². The van der Waals surface area contributed by atoms with Gasteiger partial charge in [0.25, 0.3) is 5.91 Å². The van der Waals surface area contributed by atoms with Gasteiger partial charge in [-0.15, -0.1) is 0 Å². The molecule has 1 atom stereocenters. The van der Waals surface area contributed by atoms with Crippen molar-refractivity contribution in [3.63, 3.8) is 0 Å². The first-order valence-corrected chi connectivity index (χ1v) is 9.04. The van der Waals surface area contributed by atoms with Gasteiger partial charge in [-0.1, -0.05) is 23.7 Å². The minimum absolute atomic E-state index is 0.0911. The maximum atomic E-state index is 13.5. The molecule has 0 N–H and O–H groups in total. The van der Waals surface area contributed by atoms with Crippen LogP contribution in [0.5, 0.6) is 0 Å². The second-order valence-electron chi connectivity index (χ2n) is 6.49. The van der Waals surface area contributed by atoms with Gasteiger partial charge in [0.2, 0.25) is 11.7 Å². The van der Waals surface area contributed by atoms with E-state index in [4.69, 9.17) is 16.0 Å². The zero-order valence-corrected chi connectivity index (χ0v) is 15.4. The Bertz CT molecular complexity index is 1320. The molecule has 4 aromatic rings. The first-order valence-electron chi connectivity index (χ1n) is 8.67. The van der Waals surface area contributed by atoms with Crippen molar-refractivity contribution in [3.8, 4) is 0 Å². The molecule has 6 nitrogen and oxygen atoms in total. The van der Waals surface area contributed by atoms with E-state index in [9.17, 15) is 14.0 Å². The molecule has 1 aliphatic heterocycles. The predicted octanol–water partition coefficient (Wildman–Crippen LogP) is 4.13. The Morgan fingerprint density at radius 1 is 1.03 bits per heavy atom. The molecule has 0 saturated heterocycles. The summed E-state index contributed by atoms with van der Waals surface area (Å²) in [5.41, 5.74) is 0.536. The van der Waals surface area contributed by atoms with Crippen molar-refractivity contribution in [2.24, 2.45) is 0 Å². The highest BCUT2D eigenvalue weighted by Gasteiger charge is 2.44. The lowest BCUT2D eigenvalue weighted by molar-refractivity contribution is 0.0969. The molecule has 0 fully saturated rings. The van der Waals surface area contributed by atoms with Crippen LogP contribution < -0.4 is 10.3 Å². The van der Waals surface area contributed by atoms with Crippen molar-refractivity contribution >= 4 is 34.4 Å². The molecule has 0 bridgehead atoms. The first-order chi connectivity index (χ1) is 14.0. The summed E-state index contributed by atoms with van der Waals surface area (Å²) in [7, 11) is 0. The molecule has 29 heavy (non-hydrogen) atoms. The Morgan fingerprint density at radius 2 is 1.76 bits per heavy atom. The molecular formula is C21H11ClFN3O3. The van der Waals surface area contributed by atoms with E-state index in [2.05, 4.69) is 9.97 Å². The van der Waals surface area contributed by atoms with Gasteiger partial charge in [0, 0.05) is 17.4 Å². The topological polar surface area (TPSA) is 76.3 Å². The molecule has 1 aliphatic rings. The van der Waals surface area contributed by atoms with Crippen LogP contribution in [0.4, 0.5) is 10.3 Å². The molecule has 5 rings (SSSR count). The van der Waals surface area contributed by atoms with Crippen molar-refractivity contribution in [2.75, 3.05) is 4.90 Å². The number of anilines is 1. The minimum atomic E-state index is -0.861. The molecule has 0 radical (unpaired) electrons. The highest BCUT2D eigenvalue weighted by Crippen LogP contribution is 2.40. The van der Waals surface area contributed by atoms with Crippen LogP contribution in [0.2, 0.25) is 5.02 Å². The van der Waals surface area contributed by atoms with Gasteiger partial charge in [0.1, 0.15) is 11.4 Å². The number of carbonyl (C=O) groups excluding carboxylic acids is 1. The number of carbonyl (C=O) groups is 1. The summed E-state index contributed by atoms with van der Waals surface area (Å²) in [4.78, 5) is 36.1. The molecular weight excluding hydrogens is 397 g/mol. The van der Waals surface area contributed by atoms with E-state index >= 15 is 0 Å². The van der Waals surface area contributed by atoms with E-state index in [0.717, 1.165) is 0 Å². The number of hydrogen-bond acceptors (Lipinski definition) is 5. The van der Waals surface area contributed by atoms with Gasteiger partial charge >= 0.3 is 0 Å². The number of halogens is 2. The molecule has 0 aliphatic carbocycles. The van der Waals surface area contributed by atoms with Crippen molar-refractivity contribution < 1.29 is 13.6 Å². The molecule has 0 spiro atoms. The summed E-state index contributed by atoms with van der Waals surface area (Å²) in [6, 6.07) is 10.9. The van der Waals surface area contributed by atoms with E-state index < -0.39 is 17.8 Å². The van der Waals surface area contributed by atoms with Crippen LogP contribution in [0.15, 0.2) is 70.1 Å². The van der Waals surface area contributed by atoms with E-state index in [1.165, 1.54) is 47.6 Å². The van der Waals surface area contributed by atoms with Gasteiger partial charge in [-0.2, -0.15) is 0 Å². The predicted molar refractivity (Wildman–Crippen MR) is 105 cm³/mol. The molecule has 3 heterocycles. The first kappa shape index (κ1) is 17.5. The number of aromatic nitrogens is 2. The van der Waals surface area contributed by atoms with Crippen LogP contribution in [0.1, 0.15) is 27.7 Å². The van der Waals surface area contributed by atoms with Crippen LogP contribution in [-0.2, 0) is 0 Å². The molecule has 0 saturated carbocycles. The highest BCUT2D eigenvalue weighted by atomic mass is 35.5. The van der Waals surface area contributed by atoms with Crippen molar-refractivity contribution in [1.82, 2.24) is 9.97 Å². The molecule has 1 unspecified atom stereocenters. The lowest BCUT2D eigenvalue weighted by Gasteiger charge is -2.22. The SMILES string of the molecule is O=C1c2oc3ccc(Cl)cc3c(=O)c2C(c2ccc(F)cc2)N1c1ncccn1. The fraction of sp³-hybridized carbons (Fsp3) is 0.0476. The Balaban J connectivity index is 1.83. The second-order valence-corrected chi connectivity index (χ2v) is 6.93. The number of nitrogens with zero attached hydrogens (tertiary/aromatic N) is 3. The summed E-state index contributed by atoms with van der Waals surface area (Å²) in [5.74, 6) is -0.959. The molecule has 8 heteroatoms. The number of benzene rings is 2. The van der Waals surface area contributed by atoms with Crippen LogP contribution >= 0.6 is 11.6 Å². The Hall–Kier alpha value is -3.58. The highest BCUT2D eigenvalue weighted by molar-refractivity contribution is 6.31. The fourth-order valence-corrected chi connectivity index (χ4v) is 3.70. The standard InChI is InChI=1S/C21H11ClFN3O3/c22-12-4-7-15-14(10-12)18(27)16-17(11-2-5-13(23)6-3-11)26(20(28)19(16)29-15)21-24-8-1-9-25-21/h1-10,17H. The third kappa shape index (κ3) is 2.70. The normalized spacial score (nSPS) is 15.7. The Morgan fingerprint density at radius 3 is 2.48 bits per heavy atom. The Labute approximate surface area is 168 Å². The lowest BCUT2D eigenvalue weighted by Crippen LogP contribution is -2.31. The summed E-state index contributed by atoms with van der Waals surface area (Å²) < 4.78 is 19.3. The average Bonchev–Trinajstić information content (AvgIpc) is 3.03. The summed E-state index contributed by atoms with van der Waals surface area (Å²) >= 11 is 6.05. The second kappa shape index (κ2) is 6.49. The fourth-order valence-electron chi connectivity index (χ4n) is 3.53. The van der Waals surface area contributed by atoms with Crippen LogP contribution in [0.3, 0.4) is 0 Å². The molecule has 2 aromatic carbocycles. The molecule has 1 amide bonds. The maximum absolute atomic E-state index is 13.5. The van der Waals surface area contributed by atoms with Crippen LogP contribution in [0.25, 0.3) is 11.0 Å². The van der Waals surface area contributed by atoms with Crippen molar-refractivity contribution in [2.45, 2.75) is 6.04 Å². The van der Waals surface area contributed by atoms with Crippen molar-refractivity contribution in [3.05, 3.63) is 98.9 Å². The zero-order valence-electron chi connectivity index (χ0n) is 14.7. The van der Waals surface area contributed by atoms with Gasteiger partial charge in [0.05, 0.1) is 17.0 Å². The largest absolute Gasteiger partial charge is 0.450 e. The van der Waals surface area contributed by atoms with Gasteiger partial charge in [-0.25, -0.2) is 14.4 Å². The summed E-state index contributed by atoms with van der Waals surface area (Å²) in [6.07, 6.45) is 2.98. The number of hydrogen-bond donors (Lipinski definition) is 0. The maximum Gasteiger partial charge on any atom is 0.297 e. The van der Waals surface area contributed by atoms with E-state index in [-0.39, 0.29) is 33.7 Å². The monoisotopic (exact) mass is 407 g/mol. The van der Waals surface area contributed by atoms with Gasteiger partial charge in [-0.3, -0.25) is 14.5 Å². The van der Waals surface area contributed by atoms with E-state index in [1.807, 2.05) is 0 Å². The van der Waals surface area contributed by atoms with Crippen molar-refractivity contribution in [1.29, 1.82) is 0 Å². The minimum Gasteiger partial charge on any atom is -0.450 e. The van der Waals surface area contributed by atoms with Crippen LogP contribution in [0, 0.1) is 5.82 Å². The number of fused-ring (bicyclic) bond motifs is 2. The van der Waals surface area contributed by atoms with Crippen LogP contribution in [-0.4, -0.2) is 15.9 Å².